The molecule has 1 aromatic carbocycles. The van der Waals surface area contributed by atoms with Crippen LogP contribution in [0.5, 0.6) is 5.75 Å². The molecule has 104 valence electrons. The molecule has 2 N–H and O–H groups in total. The van der Waals surface area contributed by atoms with E-state index in [1.165, 1.54) is 11.1 Å². The Morgan fingerprint density at radius 2 is 2.20 bits per heavy atom. The minimum absolute atomic E-state index is 0.135. The zero-order valence-corrected chi connectivity index (χ0v) is 11.4. The third-order valence-electron chi connectivity index (χ3n) is 4.71. The van der Waals surface area contributed by atoms with Crippen LogP contribution in [0.1, 0.15) is 36.4 Å². The number of amides is 1. The molecule has 1 aromatic rings. The fourth-order valence-corrected chi connectivity index (χ4v) is 3.72. The van der Waals surface area contributed by atoms with Crippen LogP contribution in [0.2, 0.25) is 0 Å². The first kappa shape index (κ1) is 11.8. The lowest BCUT2D eigenvalue weighted by atomic mass is 9.84. The molecule has 3 aliphatic heterocycles. The minimum atomic E-state index is 0.135. The molecule has 0 saturated carbocycles. The Morgan fingerprint density at radius 1 is 1.30 bits per heavy atom. The summed E-state index contributed by atoms with van der Waals surface area (Å²) in [6, 6.07) is 5.68. The monoisotopic (exact) mass is 270 g/mol. The molecule has 3 aliphatic rings. The van der Waals surface area contributed by atoms with Crippen molar-refractivity contribution in [2.45, 2.75) is 31.7 Å². The van der Waals surface area contributed by atoms with Gasteiger partial charge in [-0.3, -0.25) is 4.79 Å². The molecule has 4 nitrogen and oxygen atoms in total. The molecule has 0 aliphatic carbocycles. The largest absolute Gasteiger partial charge is 0.508 e. The van der Waals surface area contributed by atoms with Gasteiger partial charge in [0.2, 0.25) is 0 Å². The van der Waals surface area contributed by atoms with Gasteiger partial charge in [-0.05, 0) is 42.5 Å². The van der Waals surface area contributed by atoms with E-state index in [1.54, 1.807) is 6.07 Å². The lowest BCUT2D eigenvalue weighted by Gasteiger charge is -2.43. The Hall–Kier alpha value is -1.97. The molecule has 1 unspecified atom stereocenters. The Kier molecular flexibility index (Phi) is 2.52. The molecule has 0 fully saturated rings. The van der Waals surface area contributed by atoms with Gasteiger partial charge in [-0.15, -0.1) is 0 Å². The van der Waals surface area contributed by atoms with Gasteiger partial charge in [0.15, 0.2) is 0 Å². The van der Waals surface area contributed by atoms with Crippen molar-refractivity contribution in [1.82, 2.24) is 10.2 Å². The molecular formula is C16H18N2O2. The number of carbonyl (C=O) groups is 1. The number of nitrogens with zero attached hydrogens (tertiary/aromatic N) is 1. The molecule has 3 heterocycles. The summed E-state index contributed by atoms with van der Waals surface area (Å²) in [6.45, 7) is 1.73. The summed E-state index contributed by atoms with van der Waals surface area (Å²) in [5.74, 6) is 0.525. The second-order valence-corrected chi connectivity index (χ2v) is 5.84. The Morgan fingerprint density at radius 3 is 3.10 bits per heavy atom. The predicted molar refractivity (Wildman–Crippen MR) is 75.1 cm³/mol. The fourth-order valence-electron chi connectivity index (χ4n) is 3.72. The summed E-state index contributed by atoms with van der Waals surface area (Å²) < 4.78 is 0. The highest BCUT2D eigenvalue weighted by Crippen LogP contribution is 2.41. The lowest BCUT2D eigenvalue weighted by Crippen LogP contribution is -2.46. The standard InChI is InChI=1S/C16H18N2O2/c19-11-3-4-12-10(8-11)5-7-18-15(12)9-14-13(16(18)20)2-1-6-17-14/h3-4,8,15,17,19H,1-2,5-7,9H2. The summed E-state index contributed by atoms with van der Waals surface area (Å²) in [5.41, 5.74) is 4.51. The maximum atomic E-state index is 12.6. The third kappa shape index (κ3) is 1.64. The topological polar surface area (TPSA) is 52.6 Å². The van der Waals surface area contributed by atoms with E-state index in [4.69, 9.17) is 0 Å². The van der Waals surface area contributed by atoms with E-state index in [1.807, 2.05) is 17.0 Å². The van der Waals surface area contributed by atoms with Gasteiger partial charge in [0.05, 0.1) is 6.04 Å². The summed E-state index contributed by atoms with van der Waals surface area (Å²) in [5, 5.41) is 13.0. The summed E-state index contributed by atoms with van der Waals surface area (Å²) in [7, 11) is 0. The molecule has 0 spiro atoms. The van der Waals surface area contributed by atoms with Crippen molar-refractivity contribution in [2.75, 3.05) is 13.1 Å². The third-order valence-corrected chi connectivity index (χ3v) is 4.71. The van der Waals surface area contributed by atoms with Crippen molar-refractivity contribution in [3.05, 3.63) is 40.6 Å². The maximum Gasteiger partial charge on any atom is 0.252 e. The van der Waals surface area contributed by atoms with Gasteiger partial charge in [0.1, 0.15) is 5.75 Å². The highest BCUT2D eigenvalue weighted by molar-refractivity contribution is 5.95. The quantitative estimate of drug-likeness (QED) is 0.756. The van der Waals surface area contributed by atoms with E-state index in [-0.39, 0.29) is 11.9 Å². The van der Waals surface area contributed by atoms with Gasteiger partial charge >= 0.3 is 0 Å². The van der Waals surface area contributed by atoms with Crippen LogP contribution in [0.15, 0.2) is 29.5 Å². The van der Waals surface area contributed by atoms with E-state index >= 15 is 0 Å². The summed E-state index contributed by atoms with van der Waals surface area (Å²) >= 11 is 0. The minimum Gasteiger partial charge on any atom is -0.508 e. The molecule has 0 radical (unpaired) electrons. The molecular weight excluding hydrogens is 252 g/mol. The van der Waals surface area contributed by atoms with Crippen LogP contribution in [-0.4, -0.2) is 29.0 Å². The number of carbonyl (C=O) groups excluding carboxylic acids is 1. The van der Waals surface area contributed by atoms with E-state index in [0.29, 0.717) is 5.75 Å². The number of hydrogen-bond donors (Lipinski definition) is 2. The van der Waals surface area contributed by atoms with E-state index in [0.717, 1.165) is 50.0 Å². The number of phenolic OH excluding ortho intramolecular Hbond substituents is 1. The highest BCUT2D eigenvalue weighted by Gasteiger charge is 2.38. The normalized spacial score (nSPS) is 24.7. The van der Waals surface area contributed by atoms with Crippen molar-refractivity contribution in [3.8, 4) is 5.75 Å². The van der Waals surface area contributed by atoms with Gasteiger partial charge < -0.3 is 15.3 Å². The number of nitrogens with one attached hydrogen (secondary N) is 1. The number of phenols is 1. The number of fused-ring (bicyclic) bond motifs is 3. The van der Waals surface area contributed by atoms with Crippen LogP contribution in [0.3, 0.4) is 0 Å². The van der Waals surface area contributed by atoms with Gasteiger partial charge in [-0.1, -0.05) is 6.07 Å². The summed E-state index contributed by atoms with van der Waals surface area (Å²) in [4.78, 5) is 14.7. The van der Waals surface area contributed by atoms with Crippen molar-refractivity contribution >= 4 is 5.91 Å². The van der Waals surface area contributed by atoms with Crippen molar-refractivity contribution < 1.29 is 9.90 Å². The molecule has 4 rings (SSSR count). The van der Waals surface area contributed by atoms with Crippen molar-refractivity contribution in [1.29, 1.82) is 0 Å². The average Bonchev–Trinajstić information content (AvgIpc) is 2.47. The van der Waals surface area contributed by atoms with Crippen molar-refractivity contribution in [3.63, 3.8) is 0 Å². The SMILES string of the molecule is O=C1C2=C(CC3c4ccc(O)cc4CCN13)NCCC2. The molecule has 4 heteroatoms. The van der Waals surface area contributed by atoms with Crippen LogP contribution in [-0.2, 0) is 11.2 Å². The van der Waals surface area contributed by atoms with Gasteiger partial charge in [-0.2, -0.15) is 0 Å². The fraction of sp³-hybridized carbons (Fsp3) is 0.438. The van der Waals surface area contributed by atoms with E-state index < -0.39 is 0 Å². The second kappa shape index (κ2) is 4.27. The Balaban J connectivity index is 1.77. The number of aromatic hydroxyl groups is 1. The highest BCUT2D eigenvalue weighted by atomic mass is 16.3. The Labute approximate surface area is 118 Å². The molecule has 20 heavy (non-hydrogen) atoms. The molecule has 0 aromatic heterocycles. The number of rotatable bonds is 0. The van der Waals surface area contributed by atoms with Gasteiger partial charge in [0.25, 0.3) is 5.91 Å². The van der Waals surface area contributed by atoms with Crippen molar-refractivity contribution in [2.24, 2.45) is 0 Å². The first-order valence-corrected chi connectivity index (χ1v) is 7.32. The zero-order chi connectivity index (χ0) is 13.7. The van der Waals surface area contributed by atoms with E-state index in [9.17, 15) is 9.90 Å². The van der Waals surface area contributed by atoms with Gasteiger partial charge in [-0.25, -0.2) is 0 Å². The molecule has 1 amide bonds. The molecule has 0 bridgehead atoms. The van der Waals surface area contributed by atoms with Gasteiger partial charge in [0, 0.05) is 30.8 Å². The average molecular weight is 270 g/mol. The number of benzene rings is 1. The maximum absolute atomic E-state index is 12.6. The first-order chi connectivity index (χ1) is 9.74. The lowest BCUT2D eigenvalue weighted by molar-refractivity contribution is -0.131. The second-order valence-electron chi connectivity index (χ2n) is 5.84. The first-order valence-electron chi connectivity index (χ1n) is 7.32. The van der Waals surface area contributed by atoms with Crippen LogP contribution < -0.4 is 5.32 Å². The van der Waals surface area contributed by atoms with Crippen LogP contribution in [0.25, 0.3) is 0 Å². The Bertz CT molecular complexity index is 621. The van der Waals surface area contributed by atoms with E-state index in [2.05, 4.69) is 5.32 Å². The zero-order valence-electron chi connectivity index (χ0n) is 11.4. The molecule has 0 saturated heterocycles. The number of hydrogen-bond acceptors (Lipinski definition) is 3. The van der Waals surface area contributed by atoms with Crippen LogP contribution >= 0.6 is 0 Å². The predicted octanol–water partition coefficient (Wildman–Crippen LogP) is 1.86. The van der Waals surface area contributed by atoms with Crippen LogP contribution in [0, 0.1) is 0 Å². The molecule has 1 atom stereocenters. The summed E-state index contributed by atoms with van der Waals surface area (Å²) in [6.07, 6.45) is 3.68. The smallest absolute Gasteiger partial charge is 0.252 e. The van der Waals surface area contributed by atoms with Crippen LogP contribution in [0.4, 0.5) is 0 Å².